The van der Waals surface area contributed by atoms with Crippen LogP contribution in [0.1, 0.15) is 5.56 Å². The summed E-state index contributed by atoms with van der Waals surface area (Å²) in [5.74, 6) is 0.685. The van der Waals surface area contributed by atoms with Crippen molar-refractivity contribution in [2.45, 2.75) is 6.92 Å². The average molecular weight is 408 g/mol. The molecule has 0 amide bonds. The highest BCUT2D eigenvalue weighted by molar-refractivity contribution is 7.86. The SMILES string of the molecule is Cc1ccccc1-c1oc2ccccc2c1P(=O)(c1ccccc1)c1ccccc1. The molecule has 5 rings (SSSR count). The first kappa shape index (κ1) is 18.7. The molecule has 5 aromatic rings. The van der Waals surface area contributed by atoms with Crippen LogP contribution in [0.5, 0.6) is 0 Å². The van der Waals surface area contributed by atoms with E-state index in [9.17, 15) is 0 Å². The van der Waals surface area contributed by atoms with Gasteiger partial charge in [-0.25, -0.2) is 0 Å². The molecule has 0 aliphatic heterocycles. The van der Waals surface area contributed by atoms with Gasteiger partial charge in [-0.05, 0) is 18.6 Å². The van der Waals surface area contributed by atoms with Gasteiger partial charge in [0.05, 0.1) is 5.30 Å². The fourth-order valence-electron chi connectivity index (χ4n) is 4.04. The highest BCUT2D eigenvalue weighted by Gasteiger charge is 2.36. The van der Waals surface area contributed by atoms with Gasteiger partial charge in [-0.2, -0.15) is 0 Å². The van der Waals surface area contributed by atoms with Gasteiger partial charge in [-0.15, -0.1) is 0 Å². The molecule has 0 unspecified atom stereocenters. The smallest absolute Gasteiger partial charge is 0.175 e. The lowest BCUT2D eigenvalue weighted by Gasteiger charge is -2.20. The van der Waals surface area contributed by atoms with Crippen molar-refractivity contribution in [3.05, 3.63) is 115 Å². The van der Waals surface area contributed by atoms with E-state index in [1.165, 1.54) is 0 Å². The summed E-state index contributed by atoms with van der Waals surface area (Å²) >= 11 is 0. The summed E-state index contributed by atoms with van der Waals surface area (Å²) in [6.07, 6.45) is 0. The van der Waals surface area contributed by atoms with Gasteiger partial charge < -0.3 is 8.98 Å². The van der Waals surface area contributed by atoms with E-state index in [0.717, 1.165) is 38.0 Å². The largest absolute Gasteiger partial charge is 0.455 e. The zero-order chi connectivity index (χ0) is 20.6. The Kier molecular flexibility index (Phi) is 4.65. The van der Waals surface area contributed by atoms with Crippen LogP contribution >= 0.6 is 7.14 Å². The minimum Gasteiger partial charge on any atom is -0.455 e. The van der Waals surface area contributed by atoms with Crippen LogP contribution in [0, 0.1) is 6.92 Å². The van der Waals surface area contributed by atoms with E-state index in [0.29, 0.717) is 5.76 Å². The Balaban J connectivity index is 1.94. The fraction of sp³-hybridized carbons (Fsp3) is 0.0370. The summed E-state index contributed by atoms with van der Waals surface area (Å²) < 4.78 is 21.5. The predicted molar refractivity (Wildman–Crippen MR) is 126 cm³/mol. The van der Waals surface area contributed by atoms with Gasteiger partial charge in [0, 0.05) is 21.6 Å². The van der Waals surface area contributed by atoms with Crippen molar-refractivity contribution in [2.75, 3.05) is 0 Å². The van der Waals surface area contributed by atoms with Crippen molar-refractivity contribution in [1.29, 1.82) is 0 Å². The van der Waals surface area contributed by atoms with Crippen LogP contribution in [0.2, 0.25) is 0 Å². The van der Waals surface area contributed by atoms with E-state index in [4.69, 9.17) is 4.42 Å². The monoisotopic (exact) mass is 408 g/mol. The molecule has 0 radical (unpaired) electrons. The van der Waals surface area contributed by atoms with Crippen LogP contribution in [0.25, 0.3) is 22.3 Å². The maximum absolute atomic E-state index is 15.1. The lowest BCUT2D eigenvalue weighted by molar-refractivity contribution is 0.591. The first-order valence-electron chi connectivity index (χ1n) is 9.99. The first-order chi connectivity index (χ1) is 14.7. The molecule has 1 heterocycles. The number of para-hydroxylation sites is 1. The number of benzene rings is 4. The molecule has 0 saturated carbocycles. The molecule has 30 heavy (non-hydrogen) atoms. The van der Waals surface area contributed by atoms with Crippen molar-refractivity contribution in [2.24, 2.45) is 0 Å². The maximum Gasteiger partial charge on any atom is 0.175 e. The zero-order valence-corrected chi connectivity index (χ0v) is 17.6. The molecule has 0 saturated heterocycles. The van der Waals surface area contributed by atoms with Crippen LogP contribution in [0.4, 0.5) is 0 Å². The predicted octanol–water partition coefficient (Wildman–Crippen LogP) is 6.05. The number of hydrogen-bond acceptors (Lipinski definition) is 2. The Hall–Kier alpha value is -3.35. The van der Waals surface area contributed by atoms with Crippen LogP contribution in [0.15, 0.2) is 114 Å². The number of hydrogen-bond donors (Lipinski definition) is 0. The van der Waals surface area contributed by atoms with E-state index in [1.54, 1.807) is 0 Å². The molecule has 4 aromatic carbocycles. The quantitative estimate of drug-likeness (QED) is 0.339. The van der Waals surface area contributed by atoms with Gasteiger partial charge in [0.1, 0.15) is 11.3 Å². The lowest BCUT2D eigenvalue weighted by Crippen LogP contribution is -2.25. The molecule has 3 heteroatoms. The van der Waals surface area contributed by atoms with Gasteiger partial charge in [0.2, 0.25) is 0 Å². The Morgan fingerprint density at radius 3 is 1.80 bits per heavy atom. The topological polar surface area (TPSA) is 30.2 Å². The minimum atomic E-state index is -3.19. The summed E-state index contributed by atoms with van der Waals surface area (Å²) in [7, 11) is -3.19. The Labute approximate surface area is 176 Å². The lowest BCUT2D eigenvalue weighted by atomic mass is 10.1. The third kappa shape index (κ3) is 2.93. The number of fused-ring (bicyclic) bond motifs is 1. The first-order valence-corrected chi connectivity index (χ1v) is 11.7. The van der Waals surface area contributed by atoms with Crippen molar-refractivity contribution < 1.29 is 8.98 Å². The molecular weight excluding hydrogens is 387 g/mol. The Morgan fingerprint density at radius 2 is 1.17 bits per heavy atom. The van der Waals surface area contributed by atoms with Crippen molar-refractivity contribution >= 4 is 34.0 Å². The molecule has 0 N–H and O–H groups in total. The van der Waals surface area contributed by atoms with Gasteiger partial charge in [0.25, 0.3) is 0 Å². The van der Waals surface area contributed by atoms with E-state index in [1.807, 2.05) is 103 Å². The molecule has 0 aliphatic rings. The van der Waals surface area contributed by atoms with Crippen molar-refractivity contribution in [1.82, 2.24) is 0 Å². The summed E-state index contributed by atoms with van der Waals surface area (Å²) in [5, 5.41) is 3.27. The standard InChI is InChI=1S/C27H21O2P/c1-20-12-8-9-17-23(20)26-27(24-18-10-11-19-25(24)29-26)30(28,21-13-4-2-5-14-21)22-15-6-3-7-16-22/h2-19H,1H3. The average Bonchev–Trinajstić information content (AvgIpc) is 3.20. The molecular formula is C27H21O2P. The summed E-state index contributed by atoms with van der Waals surface area (Å²) in [5.41, 5.74) is 2.80. The second-order valence-electron chi connectivity index (χ2n) is 7.37. The van der Waals surface area contributed by atoms with Crippen molar-refractivity contribution in [3.8, 4) is 11.3 Å². The van der Waals surface area contributed by atoms with E-state index < -0.39 is 7.14 Å². The molecule has 2 nitrogen and oxygen atoms in total. The highest BCUT2D eigenvalue weighted by atomic mass is 31.2. The molecule has 0 bridgehead atoms. The minimum absolute atomic E-state index is 0.685. The van der Waals surface area contributed by atoms with E-state index in [2.05, 4.69) is 13.0 Å². The van der Waals surface area contributed by atoms with Gasteiger partial charge >= 0.3 is 0 Å². The van der Waals surface area contributed by atoms with Crippen LogP contribution in [0.3, 0.4) is 0 Å². The normalized spacial score (nSPS) is 11.6. The van der Waals surface area contributed by atoms with Gasteiger partial charge in [-0.3, -0.25) is 0 Å². The van der Waals surface area contributed by atoms with E-state index >= 15 is 4.57 Å². The zero-order valence-electron chi connectivity index (χ0n) is 16.7. The molecule has 1 aromatic heterocycles. The third-order valence-electron chi connectivity index (χ3n) is 5.51. The molecule has 0 spiro atoms. The van der Waals surface area contributed by atoms with E-state index in [-0.39, 0.29) is 0 Å². The third-order valence-corrected chi connectivity index (χ3v) is 8.64. The second-order valence-corrected chi connectivity index (χ2v) is 10.1. The second kappa shape index (κ2) is 7.48. The molecule has 0 atom stereocenters. The Morgan fingerprint density at radius 1 is 0.633 bits per heavy atom. The maximum atomic E-state index is 15.1. The fourth-order valence-corrected chi connectivity index (χ4v) is 7.01. The molecule has 0 aliphatic carbocycles. The van der Waals surface area contributed by atoms with Crippen LogP contribution < -0.4 is 15.9 Å². The van der Waals surface area contributed by atoms with Gasteiger partial charge in [0.15, 0.2) is 7.14 Å². The number of furan rings is 1. The Bertz CT molecular complexity index is 1320. The number of aryl methyl sites for hydroxylation is 1. The van der Waals surface area contributed by atoms with Crippen LogP contribution in [-0.4, -0.2) is 0 Å². The van der Waals surface area contributed by atoms with Gasteiger partial charge in [-0.1, -0.05) is 103 Å². The highest BCUT2D eigenvalue weighted by Crippen LogP contribution is 2.48. The summed E-state index contributed by atoms with van der Waals surface area (Å²) in [6.45, 7) is 2.06. The number of rotatable bonds is 4. The summed E-state index contributed by atoms with van der Waals surface area (Å²) in [6, 6.07) is 35.5. The van der Waals surface area contributed by atoms with Crippen molar-refractivity contribution in [3.63, 3.8) is 0 Å². The molecule has 0 fully saturated rings. The molecule has 146 valence electrons. The van der Waals surface area contributed by atoms with Crippen LogP contribution in [-0.2, 0) is 4.57 Å². The summed E-state index contributed by atoms with van der Waals surface area (Å²) in [4.78, 5) is 0.